The molecule has 1 aliphatic rings. The zero-order valence-corrected chi connectivity index (χ0v) is 12.5. The predicted molar refractivity (Wildman–Crippen MR) is 82.9 cm³/mol. The van der Waals surface area contributed by atoms with Gasteiger partial charge in [0.15, 0.2) is 0 Å². The van der Waals surface area contributed by atoms with Gasteiger partial charge in [0.2, 0.25) is 5.91 Å². The van der Waals surface area contributed by atoms with Gasteiger partial charge in [0.05, 0.1) is 0 Å². The van der Waals surface area contributed by atoms with Crippen LogP contribution in [0.2, 0.25) is 0 Å². The minimum absolute atomic E-state index is 0.291. The third-order valence-corrected chi connectivity index (χ3v) is 4.07. The number of nitrogens with one attached hydrogen (secondary N) is 1. The molecule has 0 radical (unpaired) electrons. The van der Waals surface area contributed by atoms with E-state index in [0.29, 0.717) is 6.54 Å². The molecule has 4 heteroatoms. The molecule has 1 aliphatic heterocycles. The summed E-state index contributed by atoms with van der Waals surface area (Å²) in [5.41, 5.74) is 7.53. The average molecular weight is 275 g/mol. The van der Waals surface area contributed by atoms with E-state index in [1.165, 1.54) is 17.7 Å². The van der Waals surface area contributed by atoms with E-state index in [4.69, 9.17) is 5.73 Å². The number of fused-ring (bicyclic) bond motifs is 1. The van der Waals surface area contributed by atoms with Crippen LogP contribution in [0.3, 0.4) is 0 Å². The lowest BCUT2D eigenvalue weighted by Crippen LogP contribution is -2.59. The molecule has 1 atom stereocenters. The lowest BCUT2D eigenvalue weighted by molar-refractivity contribution is -0.123. The molecule has 20 heavy (non-hydrogen) atoms. The van der Waals surface area contributed by atoms with Crippen molar-refractivity contribution in [2.75, 3.05) is 24.5 Å². The number of nitrogens with zero attached hydrogens (tertiary/aromatic N) is 1. The van der Waals surface area contributed by atoms with Gasteiger partial charge in [-0.15, -0.1) is 0 Å². The average Bonchev–Trinajstić information content (AvgIpc) is 2.62. The summed E-state index contributed by atoms with van der Waals surface area (Å²) >= 11 is 0. The first-order valence-corrected chi connectivity index (χ1v) is 7.44. The smallest absolute Gasteiger partial charge is 0.239 e. The van der Waals surface area contributed by atoms with Gasteiger partial charge in [0, 0.05) is 18.8 Å². The Morgan fingerprint density at radius 2 is 2.15 bits per heavy atom. The van der Waals surface area contributed by atoms with Crippen molar-refractivity contribution >= 4 is 11.6 Å². The van der Waals surface area contributed by atoms with Crippen molar-refractivity contribution in [1.29, 1.82) is 0 Å². The van der Waals surface area contributed by atoms with E-state index in [1.54, 1.807) is 0 Å². The van der Waals surface area contributed by atoms with Gasteiger partial charge in [-0.05, 0) is 44.4 Å². The highest BCUT2D eigenvalue weighted by Crippen LogP contribution is 2.27. The molecule has 0 saturated carbocycles. The molecule has 0 aromatic heterocycles. The molecule has 1 aromatic rings. The number of carbonyl (C=O) groups is 1. The van der Waals surface area contributed by atoms with Crippen molar-refractivity contribution in [2.24, 2.45) is 5.73 Å². The first-order chi connectivity index (χ1) is 9.57. The van der Waals surface area contributed by atoms with Crippen molar-refractivity contribution in [1.82, 2.24) is 5.32 Å². The standard InChI is InChI=1S/C16H25N3O/c1-3-18-16(2,15(17)20)12-19-11-7-6-9-13-8-4-5-10-14(13)19/h4-5,8,10,18H,3,6-7,9,11-12H2,1-2H3,(H2,17,20). The van der Waals surface area contributed by atoms with Crippen molar-refractivity contribution in [3.05, 3.63) is 29.8 Å². The van der Waals surface area contributed by atoms with Crippen LogP contribution in [0.15, 0.2) is 24.3 Å². The van der Waals surface area contributed by atoms with Gasteiger partial charge < -0.3 is 16.0 Å². The van der Waals surface area contributed by atoms with E-state index in [-0.39, 0.29) is 5.91 Å². The second-order valence-corrected chi connectivity index (χ2v) is 5.73. The molecular formula is C16H25N3O. The zero-order chi connectivity index (χ0) is 14.6. The highest BCUT2D eigenvalue weighted by molar-refractivity contribution is 5.85. The lowest BCUT2D eigenvalue weighted by atomic mass is 9.99. The SMILES string of the molecule is CCNC(C)(CN1CCCCc2ccccc21)C(N)=O. The van der Waals surface area contributed by atoms with Gasteiger partial charge in [-0.2, -0.15) is 0 Å². The highest BCUT2D eigenvalue weighted by Gasteiger charge is 2.33. The Kier molecular flexibility index (Phi) is 4.65. The van der Waals surface area contributed by atoms with Crippen LogP contribution in [0.25, 0.3) is 0 Å². The largest absolute Gasteiger partial charge is 0.369 e. The summed E-state index contributed by atoms with van der Waals surface area (Å²) in [6, 6.07) is 8.47. The number of primary amides is 1. The Balaban J connectivity index is 2.26. The summed E-state index contributed by atoms with van der Waals surface area (Å²) in [4.78, 5) is 14.1. The maximum atomic E-state index is 11.8. The Morgan fingerprint density at radius 3 is 2.85 bits per heavy atom. The van der Waals surface area contributed by atoms with E-state index in [0.717, 1.165) is 25.9 Å². The van der Waals surface area contributed by atoms with Crippen LogP contribution in [-0.4, -0.2) is 31.1 Å². The first-order valence-electron chi connectivity index (χ1n) is 7.44. The van der Waals surface area contributed by atoms with Crippen LogP contribution in [0, 0.1) is 0 Å². The predicted octanol–water partition coefficient (Wildman–Crippen LogP) is 1.68. The van der Waals surface area contributed by atoms with Gasteiger partial charge in [0.1, 0.15) is 5.54 Å². The Bertz CT molecular complexity index is 475. The Labute approximate surface area is 121 Å². The molecule has 1 aromatic carbocycles. The maximum absolute atomic E-state index is 11.8. The second-order valence-electron chi connectivity index (χ2n) is 5.73. The third kappa shape index (κ3) is 3.12. The van der Waals surface area contributed by atoms with Crippen LogP contribution in [0.5, 0.6) is 0 Å². The number of benzene rings is 1. The van der Waals surface area contributed by atoms with E-state index in [9.17, 15) is 4.79 Å². The number of hydrogen-bond donors (Lipinski definition) is 2. The fourth-order valence-corrected chi connectivity index (χ4v) is 2.93. The number of rotatable bonds is 5. The number of likely N-dealkylation sites (N-methyl/N-ethyl adjacent to an activating group) is 1. The third-order valence-electron chi connectivity index (χ3n) is 4.07. The molecule has 1 unspecified atom stereocenters. The summed E-state index contributed by atoms with van der Waals surface area (Å²) in [5, 5.41) is 3.24. The second kappa shape index (κ2) is 6.27. The van der Waals surface area contributed by atoms with Crippen molar-refractivity contribution in [3.8, 4) is 0 Å². The van der Waals surface area contributed by atoms with Gasteiger partial charge >= 0.3 is 0 Å². The Hall–Kier alpha value is -1.55. The minimum atomic E-state index is -0.688. The molecule has 0 bridgehead atoms. The molecule has 0 fully saturated rings. The minimum Gasteiger partial charge on any atom is -0.369 e. The molecule has 1 amide bonds. The molecule has 4 nitrogen and oxygen atoms in total. The fourth-order valence-electron chi connectivity index (χ4n) is 2.93. The summed E-state index contributed by atoms with van der Waals surface area (Å²) in [6.07, 6.45) is 3.46. The summed E-state index contributed by atoms with van der Waals surface area (Å²) in [7, 11) is 0. The van der Waals surface area contributed by atoms with Crippen molar-refractivity contribution < 1.29 is 4.79 Å². The lowest BCUT2D eigenvalue weighted by Gasteiger charge is -2.35. The summed E-state index contributed by atoms with van der Waals surface area (Å²) in [6.45, 7) is 6.22. The number of aryl methyl sites for hydroxylation is 1. The van der Waals surface area contributed by atoms with E-state index >= 15 is 0 Å². The zero-order valence-electron chi connectivity index (χ0n) is 12.5. The number of para-hydroxylation sites is 1. The molecule has 110 valence electrons. The molecule has 1 heterocycles. The summed E-state index contributed by atoms with van der Waals surface area (Å²) in [5.74, 6) is -0.291. The quantitative estimate of drug-likeness (QED) is 0.859. The maximum Gasteiger partial charge on any atom is 0.239 e. The highest BCUT2D eigenvalue weighted by atomic mass is 16.1. The van der Waals surface area contributed by atoms with Gasteiger partial charge in [-0.25, -0.2) is 0 Å². The molecule has 0 saturated heterocycles. The van der Waals surface area contributed by atoms with Crippen molar-refractivity contribution in [3.63, 3.8) is 0 Å². The van der Waals surface area contributed by atoms with E-state index in [1.807, 2.05) is 13.8 Å². The molecule has 2 rings (SSSR count). The van der Waals surface area contributed by atoms with Crippen LogP contribution < -0.4 is 16.0 Å². The Morgan fingerprint density at radius 1 is 1.40 bits per heavy atom. The van der Waals surface area contributed by atoms with Crippen LogP contribution in [-0.2, 0) is 11.2 Å². The number of nitrogens with two attached hydrogens (primary N) is 1. The molecule has 3 N–H and O–H groups in total. The summed E-state index contributed by atoms with van der Waals surface area (Å²) < 4.78 is 0. The normalized spacial score (nSPS) is 18.0. The monoisotopic (exact) mass is 275 g/mol. The number of amides is 1. The van der Waals surface area contributed by atoms with Crippen LogP contribution in [0.1, 0.15) is 32.3 Å². The number of carbonyl (C=O) groups excluding carboxylic acids is 1. The van der Waals surface area contributed by atoms with E-state index in [2.05, 4.69) is 34.5 Å². The number of hydrogen-bond acceptors (Lipinski definition) is 3. The molecule has 0 aliphatic carbocycles. The van der Waals surface area contributed by atoms with Gasteiger partial charge in [-0.3, -0.25) is 4.79 Å². The van der Waals surface area contributed by atoms with Crippen LogP contribution in [0.4, 0.5) is 5.69 Å². The van der Waals surface area contributed by atoms with Gasteiger partial charge in [-0.1, -0.05) is 25.1 Å². The molecule has 0 spiro atoms. The topological polar surface area (TPSA) is 58.4 Å². The van der Waals surface area contributed by atoms with Gasteiger partial charge in [0.25, 0.3) is 0 Å². The number of anilines is 1. The first kappa shape index (κ1) is 14.9. The molecular weight excluding hydrogens is 250 g/mol. The van der Waals surface area contributed by atoms with Crippen molar-refractivity contribution in [2.45, 2.75) is 38.6 Å². The fraction of sp³-hybridized carbons (Fsp3) is 0.562. The van der Waals surface area contributed by atoms with E-state index < -0.39 is 5.54 Å². The van der Waals surface area contributed by atoms with Crippen LogP contribution >= 0.6 is 0 Å².